The Morgan fingerprint density at radius 2 is 2.50 bits per heavy atom. The minimum absolute atomic E-state index is 0.0573. The van der Waals surface area contributed by atoms with E-state index in [1.165, 1.54) is 10.4 Å². The molecule has 1 aliphatic heterocycles. The summed E-state index contributed by atoms with van der Waals surface area (Å²) in [4.78, 5) is 14.9. The van der Waals surface area contributed by atoms with E-state index in [-0.39, 0.29) is 11.9 Å². The lowest BCUT2D eigenvalue weighted by Crippen LogP contribution is -2.44. The predicted molar refractivity (Wildman–Crippen MR) is 57.1 cm³/mol. The van der Waals surface area contributed by atoms with Crippen molar-refractivity contribution in [3.8, 4) is 0 Å². The molecular formula is C10H14N2OS. The highest BCUT2D eigenvalue weighted by Gasteiger charge is 2.22. The highest BCUT2D eigenvalue weighted by Crippen LogP contribution is 2.24. The maximum atomic E-state index is 11.6. The summed E-state index contributed by atoms with van der Waals surface area (Å²) in [6.07, 6.45) is 0.978. The Morgan fingerprint density at radius 3 is 3.21 bits per heavy atom. The first-order chi connectivity index (χ1) is 6.68. The second-order valence-electron chi connectivity index (χ2n) is 3.67. The summed E-state index contributed by atoms with van der Waals surface area (Å²) in [5.74, 6) is 0.0573. The Balaban J connectivity index is 2.11. The summed E-state index contributed by atoms with van der Waals surface area (Å²) in [5.41, 5.74) is 6.86. The summed E-state index contributed by atoms with van der Waals surface area (Å²) < 4.78 is 0. The van der Waals surface area contributed by atoms with Crippen molar-refractivity contribution >= 4 is 17.2 Å². The Bertz CT molecular complexity index is 346. The van der Waals surface area contributed by atoms with Gasteiger partial charge < -0.3 is 10.6 Å². The summed E-state index contributed by atoms with van der Waals surface area (Å²) in [6.45, 7) is 3.29. The summed E-state index contributed by atoms with van der Waals surface area (Å²) in [7, 11) is 0. The number of fused-ring (bicyclic) bond motifs is 1. The second-order valence-corrected chi connectivity index (χ2v) is 4.67. The molecule has 1 amide bonds. The number of hydrogen-bond donors (Lipinski definition) is 1. The van der Waals surface area contributed by atoms with Crippen LogP contribution in [0.25, 0.3) is 0 Å². The van der Waals surface area contributed by atoms with Crippen LogP contribution in [0, 0.1) is 0 Å². The molecule has 14 heavy (non-hydrogen) atoms. The molecule has 2 heterocycles. The maximum absolute atomic E-state index is 11.6. The number of amides is 1. The molecule has 1 atom stereocenters. The van der Waals surface area contributed by atoms with Crippen LogP contribution in [0.15, 0.2) is 11.4 Å². The van der Waals surface area contributed by atoms with E-state index in [1.807, 2.05) is 4.90 Å². The van der Waals surface area contributed by atoms with E-state index in [2.05, 4.69) is 11.4 Å². The quantitative estimate of drug-likeness (QED) is 0.751. The lowest BCUT2D eigenvalue weighted by molar-refractivity contribution is -0.133. The maximum Gasteiger partial charge on any atom is 0.239 e. The molecule has 1 aliphatic rings. The molecule has 2 N–H and O–H groups in total. The summed E-state index contributed by atoms with van der Waals surface area (Å²) in [6, 6.07) is 1.72. The average molecular weight is 210 g/mol. The van der Waals surface area contributed by atoms with E-state index in [0.717, 1.165) is 19.5 Å². The number of rotatable bonds is 1. The topological polar surface area (TPSA) is 46.3 Å². The molecule has 0 saturated carbocycles. The molecule has 0 aromatic carbocycles. The van der Waals surface area contributed by atoms with Gasteiger partial charge in [0.05, 0.1) is 6.04 Å². The van der Waals surface area contributed by atoms with E-state index >= 15 is 0 Å². The van der Waals surface area contributed by atoms with Crippen molar-refractivity contribution in [3.05, 3.63) is 21.9 Å². The number of nitrogens with zero attached hydrogens (tertiary/aromatic N) is 1. The molecule has 0 bridgehead atoms. The molecule has 0 aliphatic carbocycles. The van der Waals surface area contributed by atoms with Crippen LogP contribution in [0.2, 0.25) is 0 Å². The van der Waals surface area contributed by atoms with Crippen molar-refractivity contribution in [1.29, 1.82) is 0 Å². The van der Waals surface area contributed by atoms with Crippen LogP contribution in [0.4, 0.5) is 0 Å². The van der Waals surface area contributed by atoms with Gasteiger partial charge in [-0.15, -0.1) is 11.3 Å². The van der Waals surface area contributed by atoms with Gasteiger partial charge >= 0.3 is 0 Å². The van der Waals surface area contributed by atoms with Crippen molar-refractivity contribution in [2.45, 2.75) is 25.9 Å². The van der Waals surface area contributed by atoms with Gasteiger partial charge in [-0.2, -0.15) is 0 Å². The van der Waals surface area contributed by atoms with Crippen molar-refractivity contribution in [1.82, 2.24) is 4.90 Å². The SMILES string of the molecule is C[C@@H](N)C(=O)N1CCc2sccc2C1. The Kier molecular flexibility index (Phi) is 2.56. The van der Waals surface area contributed by atoms with Gasteiger partial charge in [0.25, 0.3) is 0 Å². The first kappa shape index (κ1) is 9.68. The van der Waals surface area contributed by atoms with Gasteiger partial charge in [-0.25, -0.2) is 0 Å². The normalized spacial score (nSPS) is 17.7. The molecule has 0 saturated heterocycles. The molecule has 4 heteroatoms. The first-order valence-corrected chi connectivity index (χ1v) is 5.66. The molecule has 1 aromatic heterocycles. The van der Waals surface area contributed by atoms with E-state index in [4.69, 9.17) is 5.73 Å². The van der Waals surface area contributed by atoms with Crippen molar-refractivity contribution < 1.29 is 4.79 Å². The standard InChI is InChI=1S/C10H14N2OS/c1-7(11)10(13)12-4-2-9-8(6-12)3-5-14-9/h3,5,7H,2,4,6,11H2,1H3/t7-/m1/s1. The van der Waals surface area contributed by atoms with Gasteiger partial charge in [0.2, 0.25) is 5.91 Å². The largest absolute Gasteiger partial charge is 0.337 e. The second kappa shape index (κ2) is 3.71. The van der Waals surface area contributed by atoms with Crippen LogP contribution in [-0.2, 0) is 17.8 Å². The Labute approximate surface area is 87.5 Å². The number of thiophene rings is 1. The lowest BCUT2D eigenvalue weighted by atomic mass is 10.1. The molecular weight excluding hydrogens is 196 g/mol. The minimum atomic E-state index is -0.379. The zero-order valence-corrected chi connectivity index (χ0v) is 9.01. The Morgan fingerprint density at radius 1 is 1.71 bits per heavy atom. The van der Waals surface area contributed by atoms with E-state index in [1.54, 1.807) is 18.3 Å². The monoisotopic (exact) mass is 210 g/mol. The molecule has 2 rings (SSSR count). The average Bonchev–Trinajstić information content (AvgIpc) is 2.62. The molecule has 0 fully saturated rings. The Hall–Kier alpha value is -0.870. The third kappa shape index (κ3) is 1.67. The third-order valence-electron chi connectivity index (χ3n) is 2.51. The molecule has 0 spiro atoms. The van der Waals surface area contributed by atoms with Gasteiger partial charge in [0.15, 0.2) is 0 Å². The fourth-order valence-electron chi connectivity index (χ4n) is 1.72. The number of carbonyl (C=O) groups is 1. The summed E-state index contributed by atoms with van der Waals surface area (Å²) >= 11 is 1.78. The van der Waals surface area contributed by atoms with Gasteiger partial charge in [-0.3, -0.25) is 4.79 Å². The fraction of sp³-hybridized carbons (Fsp3) is 0.500. The molecule has 0 radical (unpaired) electrons. The van der Waals surface area contributed by atoms with Crippen molar-refractivity contribution in [3.63, 3.8) is 0 Å². The van der Waals surface area contributed by atoms with Crippen LogP contribution in [0.1, 0.15) is 17.4 Å². The third-order valence-corrected chi connectivity index (χ3v) is 3.53. The van der Waals surface area contributed by atoms with E-state index < -0.39 is 0 Å². The highest BCUT2D eigenvalue weighted by atomic mass is 32.1. The van der Waals surface area contributed by atoms with Gasteiger partial charge in [0, 0.05) is 18.0 Å². The van der Waals surface area contributed by atoms with Crippen LogP contribution < -0.4 is 5.73 Å². The van der Waals surface area contributed by atoms with Crippen LogP contribution in [-0.4, -0.2) is 23.4 Å². The van der Waals surface area contributed by atoms with Gasteiger partial charge in [0.1, 0.15) is 0 Å². The molecule has 0 unspecified atom stereocenters. The lowest BCUT2D eigenvalue weighted by Gasteiger charge is -2.28. The summed E-state index contributed by atoms with van der Waals surface area (Å²) in [5, 5.41) is 2.09. The van der Waals surface area contributed by atoms with E-state index in [9.17, 15) is 4.79 Å². The van der Waals surface area contributed by atoms with Gasteiger partial charge in [-0.05, 0) is 30.4 Å². The van der Waals surface area contributed by atoms with Crippen molar-refractivity contribution in [2.75, 3.05) is 6.54 Å². The smallest absolute Gasteiger partial charge is 0.239 e. The number of carbonyl (C=O) groups excluding carboxylic acids is 1. The van der Waals surface area contributed by atoms with Gasteiger partial charge in [-0.1, -0.05) is 0 Å². The number of hydrogen-bond acceptors (Lipinski definition) is 3. The van der Waals surface area contributed by atoms with Crippen molar-refractivity contribution in [2.24, 2.45) is 5.73 Å². The fourth-order valence-corrected chi connectivity index (χ4v) is 2.61. The number of nitrogens with two attached hydrogens (primary N) is 1. The minimum Gasteiger partial charge on any atom is -0.337 e. The van der Waals surface area contributed by atoms with Crippen LogP contribution >= 0.6 is 11.3 Å². The van der Waals surface area contributed by atoms with E-state index in [0.29, 0.717) is 0 Å². The predicted octanol–water partition coefficient (Wildman–Crippen LogP) is 0.980. The highest BCUT2D eigenvalue weighted by molar-refractivity contribution is 7.10. The zero-order valence-electron chi connectivity index (χ0n) is 8.19. The van der Waals surface area contributed by atoms with Crippen LogP contribution in [0.3, 0.4) is 0 Å². The van der Waals surface area contributed by atoms with Crippen LogP contribution in [0.5, 0.6) is 0 Å². The molecule has 3 nitrogen and oxygen atoms in total. The molecule has 76 valence electrons. The zero-order chi connectivity index (χ0) is 10.1. The first-order valence-electron chi connectivity index (χ1n) is 4.78. The molecule has 1 aromatic rings.